The lowest BCUT2D eigenvalue weighted by molar-refractivity contribution is -0.140. The van der Waals surface area contributed by atoms with Crippen LogP contribution >= 0.6 is 46.4 Å². The Morgan fingerprint density at radius 3 is 1.76 bits per heavy atom. The SMILES string of the molecule is CC(C(=O)NCC(F)(F)F)N1C(=O)c2c(Cl)c(Cl)c(Cl)c(Cl)c2C1=O. The summed E-state index contributed by atoms with van der Waals surface area (Å²) in [5.74, 6) is -3.21. The molecule has 1 heterocycles. The normalized spacial score (nSPS) is 15.4. The monoisotopic (exact) mass is 436 g/mol. The first-order valence-electron chi connectivity index (χ1n) is 6.46. The molecule has 1 aromatic carbocycles. The molecule has 1 aliphatic heterocycles. The minimum atomic E-state index is -4.65. The van der Waals surface area contributed by atoms with Gasteiger partial charge in [-0.05, 0) is 6.92 Å². The molecular weight excluding hydrogens is 431 g/mol. The van der Waals surface area contributed by atoms with Crippen molar-refractivity contribution < 1.29 is 27.6 Å². The van der Waals surface area contributed by atoms with Crippen LogP contribution in [0.25, 0.3) is 0 Å². The van der Waals surface area contributed by atoms with E-state index >= 15 is 0 Å². The van der Waals surface area contributed by atoms with E-state index < -0.39 is 36.5 Å². The zero-order valence-corrected chi connectivity index (χ0v) is 15.1. The van der Waals surface area contributed by atoms with Crippen LogP contribution < -0.4 is 5.32 Å². The topological polar surface area (TPSA) is 66.5 Å². The Labute approximate surface area is 158 Å². The summed E-state index contributed by atoms with van der Waals surface area (Å²) in [5, 5.41) is 0.395. The zero-order chi connectivity index (χ0) is 19.3. The lowest BCUT2D eigenvalue weighted by atomic mass is 10.1. The molecule has 1 aliphatic rings. The lowest BCUT2D eigenvalue weighted by Gasteiger charge is -2.22. The first-order valence-corrected chi connectivity index (χ1v) is 7.98. The summed E-state index contributed by atoms with van der Waals surface area (Å²) in [6.07, 6.45) is -4.65. The first-order chi connectivity index (χ1) is 11.4. The van der Waals surface area contributed by atoms with E-state index in [4.69, 9.17) is 46.4 Å². The number of carbonyl (C=O) groups excluding carboxylic acids is 3. The fourth-order valence-electron chi connectivity index (χ4n) is 2.17. The predicted octanol–water partition coefficient (Wildman–Crippen LogP) is 3.96. The van der Waals surface area contributed by atoms with Gasteiger partial charge in [-0.3, -0.25) is 19.3 Å². The van der Waals surface area contributed by atoms with Crippen LogP contribution in [0.3, 0.4) is 0 Å². The van der Waals surface area contributed by atoms with E-state index in [2.05, 4.69) is 0 Å². The van der Waals surface area contributed by atoms with Gasteiger partial charge in [0.15, 0.2) is 0 Å². The summed E-state index contributed by atoms with van der Waals surface area (Å²) in [7, 11) is 0. The van der Waals surface area contributed by atoms with E-state index in [1.54, 1.807) is 5.32 Å². The summed E-state index contributed by atoms with van der Waals surface area (Å²) in [6.45, 7) is -0.531. The number of nitrogens with one attached hydrogen (secondary N) is 1. The van der Waals surface area contributed by atoms with Gasteiger partial charge in [0, 0.05) is 0 Å². The molecule has 0 bridgehead atoms. The van der Waals surface area contributed by atoms with Crippen molar-refractivity contribution in [2.75, 3.05) is 6.54 Å². The number of alkyl halides is 3. The molecule has 2 rings (SSSR count). The Bertz CT molecular complexity index is 751. The van der Waals surface area contributed by atoms with Gasteiger partial charge in [-0.1, -0.05) is 46.4 Å². The van der Waals surface area contributed by atoms with Crippen molar-refractivity contribution in [3.63, 3.8) is 0 Å². The van der Waals surface area contributed by atoms with Crippen LogP contribution in [0.5, 0.6) is 0 Å². The number of rotatable bonds is 3. The third-order valence-electron chi connectivity index (χ3n) is 3.36. The van der Waals surface area contributed by atoms with Crippen LogP contribution in [-0.4, -0.2) is 41.4 Å². The highest BCUT2D eigenvalue weighted by molar-refractivity contribution is 6.55. The molecule has 0 aliphatic carbocycles. The Balaban J connectivity index is 2.39. The molecule has 12 heteroatoms. The van der Waals surface area contributed by atoms with Crippen molar-refractivity contribution in [3.05, 3.63) is 31.2 Å². The highest BCUT2D eigenvalue weighted by Crippen LogP contribution is 2.45. The average Bonchev–Trinajstić information content (AvgIpc) is 2.78. The molecular formula is C13H7Cl4F3N2O3. The number of imide groups is 1. The van der Waals surface area contributed by atoms with Crippen LogP contribution in [0.2, 0.25) is 20.1 Å². The number of benzene rings is 1. The molecule has 25 heavy (non-hydrogen) atoms. The van der Waals surface area contributed by atoms with Crippen LogP contribution in [-0.2, 0) is 4.79 Å². The summed E-state index contributed by atoms with van der Waals surface area (Å²) >= 11 is 23.5. The largest absolute Gasteiger partial charge is 0.405 e. The fraction of sp³-hybridized carbons (Fsp3) is 0.308. The number of hydrogen-bond acceptors (Lipinski definition) is 3. The minimum absolute atomic E-state index is 0.260. The Hall–Kier alpha value is -1.22. The van der Waals surface area contributed by atoms with Crippen LogP contribution in [0.15, 0.2) is 0 Å². The van der Waals surface area contributed by atoms with Gasteiger partial charge in [0.25, 0.3) is 11.8 Å². The molecule has 0 aromatic heterocycles. The number of hydrogen-bond donors (Lipinski definition) is 1. The third-order valence-corrected chi connectivity index (χ3v) is 5.16. The van der Waals surface area contributed by atoms with Crippen molar-refractivity contribution in [1.82, 2.24) is 10.2 Å². The second-order valence-corrected chi connectivity index (χ2v) is 6.51. The van der Waals surface area contributed by atoms with Crippen LogP contribution in [0, 0.1) is 0 Å². The van der Waals surface area contributed by atoms with Gasteiger partial charge in [-0.2, -0.15) is 13.2 Å². The second kappa shape index (κ2) is 6.83. The number of amides is 3. The van der Waals surface area contributed by atoms with Crippen LogP contribution in [0.4, 0.5) is 13.2 Å². The predicted molar refractivity (Wildman–Crippen MR) is 85.5 cm³/mol. The molecule has 0 radical (unpaired) electrons. The van der Waals surface area contributed by atoms with Gasteiger partial charge in [0.1, 0.15) is 12.6 Å². The second-order valence-electron chi connectivity index (χ2n) is 5.00. The van der Waals surface area contributed by atoms with Crippen molar-refractivity contribution in [3.8, 4) is 0 Å². The maximum atomic E-state index is 12.4. The maximum absolute atomic E-state index is 12.4. The third kappa shape index (κ3) is 3.53. The minimum Gasteiger partial charge on any atom is -0.345 e. The van der Waals surface area contributed by atoms with Gasteiger partial charge >= 0.3 is 6.18 Å². The van der Waals surface area contributed by atoms with Crippen LogP contribution in [0.1, 0.15) is 27.6 Å². The standard InChI is InChI=1S/C13H7Cl4F3N2O3/c1-3(10(23)21-2-13(18,19)20)22-11(24)4-5(12(22)25)7(15)9(17)8(16)6(4)14/h3H,2H2,1H3,(H,21,23). The van der Waals surface area contributed by atoms with Gasteiger partial charge in [0.05, 0.1) is 31.2 Å². The average molecular weight is 438 g/mol. The number of fused-ring (bicyclic) bond motifs is 1. The smallest absolute Gasteiger partial charge is 0.345 e. The molecule has 0 saturated carbocycles. The highest BCUT2D eigenvalue weighted by atomic mass is 35.5. The maximum Gasteiger partial charge on any atom is 0.405 e. The van der Waals surface area contributed by atoms with E-state index in [0.29, 0.717) is 4.90 Å². The number of carbonyl (C=O) groups is 3. The van der Waals surface area contributed by atoms with E-state index in [1.165, 1.54) is 0 Å². The van der Waals surface area contributed by atoms with E-state index in [-0.39, 0.29) is 31.2 Å². The summed E-state index contributed by atoms with van der Waals surface area (Å²) in [4.78, 5) is 37.2. The molecule has 136 valence electrons. The summed E-state index contributed by atoms with van der Waals surface area (Å²) < 4.78 is 36.6. The highest BCUT2D eigenvalue weighted by Gasteiger charge is 2.45. The van der Waals surface area contributed by atoms with E-state index in [0.717, 1.165) is 6.92 Å². The molecule has 0 spiro atoms. The number of halogens is 7. The molecule has 0 saturated heterocycles. The molecule has 1 aromatic rings. The van der Waals surface area contributed by atoms with Gasteiger partial charge < -0.3 is 5.32 Å². The van der Waals surface area contributed by atoms with Crippen molar-refractivity contribution in [2.24, 2.45) is 0 Å². The van der Waals surface area contributed by atoms with Crippen molar-refractivity contribution in [1.29, 1.82) is 0 Å². The van der Waals surface area contributed by atoms with E-state index in [1.807, 2.05) is 0 Å². The lowest BCUT2D eigenvalue weighted by Crippen LogP contribution is -2.49. The molecule has 1 unspecified atom stereocenters. The van der Waals surface area contributed by atoms with Gasteiger partial charge in [-0.15, -0.1) is 0 Å². The van der Waals surface area contributed by atoms with Crippen molar-refractivity contribution >= 4 is 64.1 Å². The Morgan fingerprint density at radius 2 is 1.40 bits per heavy atom. The van der Waals surface area contributed by atoms with Gasteiger partial charge in [0.2, 0.25) is 5.91 Å². The number of nitrogens with zero attached hydrogens (tertiary/aromatic N) is 1. The summed E-state index contributed by atoms with van der Waals surface area (Å²) in [6, 6.07) is -1.54. The zero-order valence-electron chi connectivity index (χ0n) is 12.1. The van der Waals surface area contributed by atoms with Crippen molar-refractivity contribution in [2.45, 2.75) is 19.1 Å². The van der Waals surface area contributed by atoms with Gasteiger partial charge in [-0.25, -0.2) is 0 Å². The quantitative estimate of drug-likeness (QED) is 0.442. The van der Waals surface area contributed by atoms with E-state index in [9.17, 15) is 27.6 Å². The Morgan fingerprint density at radius 1 is 1.00 bits per heavy atom. The molecule has 5 nitrogen and oxygen atoms in total. The molecule has 0 fully saturated rings. The Kier molecular flexibility index (Phi) is 5.49. The summed E-state index contributed by atoms with van der Waals surface area (Å²) in [5.41, 5.74) is -0.719. The fourth-order valence-corrected chi connectivity index (χ4v) is 3.18. The molecule has 1 atom stereocenters. The molecule has 3 amide bonds. The molecule has 1 N–H and O–H groups in total. The first kappa shape index (κ1) is 20.1.